The van der Waals surface area contributed by atoms with E-state index in [0.29, 0.717) is 34.7 Å². The standard InChI is InChI=1S/C16H17Cl2N3O3S2/c1-24-9-8-19-16(25)20-11-2-5-13(6-3-11)26(22,23)21-12-4-7-14(17)15(18)10-12/h2-7,10,21H,8-9H2,1H3,(H2,19,20,25). The fourth-order valence-electron chi connectivity index (χ4n) is 1.93. The molecular weight excluding hydrogens is 417 g/mol. The van der Waals surface area contributed by atoms with Crippen LogP contribution in [-0.2, 0) is 14.8 Å². The van der Waals surface area contributed by atoms with E-state index < -0.39 is 10.0 Å². The number of sulfonamides is 1. The average molecular weight is 434 g/mol. The molecule has 3 N–H and O–H groups in total. The fourth-order valence-corrected chi connectivity index (χ4v) is 3.50. The Labute approximate surface area is 167 Å². The summed E-state index contributed by atoms with van der Waals surface area (Å²) in [6, 6.07) is 10.7. The first kappa shape index (κ1) is 20.7. The van der Waals surface area contributed by atoms with Gasteiger partial charge in [0.05, 0.1) is 27.2 Å². The summed E-state index contributed by atoms with van der Waals surface area (Å²) in [6.45, 7) is 1.10. The third-order valence-electron chi connectivity index (χ3n) is 3.19. The van der Waals surface area contributed by atoms with Crippen molar-refractivity contribution in [2.24, 2.45) is 0 Å². The highest BCUT2D eigenvalue weighted by Gasteiger charge is 2.15. The van der Waals surface area contributed by atoms with Crippen molar-refractivity contribution in [2.45, 2.75) is 4.90 Å². The van der Waals surface area contributed by atoms with Gasteiger partial charge in [-0.05, 0) is 54.7 Å². The van der Waals surface area contributed by atoms with Crippen molar-refractivity contribution in [3.63, 3.8) is 0 Å². The normalized spacial score (nSPS) is 11.0. The van der Waals surface area contributed by atoms with E-state index in [1.54, 1.807) is 19.2 Å². The molecule has 0 spiro atoms. The molecule has 0 heterocycles. The number of thiocarbonyl (C=S) groups is 1. The third kappa shape index (κ3) is 6.00. The minimum atomic E-state index is -3.75. The van der Waals surface area contributed by atoms with Crippen molar-refractivity contribution in [1.82, 2.24) is 5.32 Å². The van der Waals surface area contributed by atoms with Gasteiger partial charge in [0.15, 0.2) is 5.11 Å². The second-order valence-corrected chi connectivity index (χ2v) is 8.04. The first-order chi connectivity index (χ1) is 12.3. The van der Waals surface area contributed by atoms with Crippen LogP contribution >= 0.6 is 35.4 Å². The van der Waals surface area contributed by atoms with E-state index in [2.05, 4.69) is 15.4 Å². The molecular formula is C16H17Cl2N3O3S2. The van der Waals surface area contributed by atoms with Gasteiger partial charge in [-0.15, -0.1) is 0 Å². The van der Waals surface area contributed by atoms with Gasteiger partial charge in [0, 0.05) is 19.3 Å². The Bertz CT molecular complexity index is 875. The monoisotopic (exact) mass is 433 g/mol. The molecule has 0 bridgehead atoms. The second-order valence-electron chi connectivity index (χ2n) is 5.13. The van der Waals surface area contributed by atoms with E-state index in [4.69, 9.17) is 40.2 Å². The SMILES string of the molecule is COCCNC(=S)Nc1ccc(S(=O)(=O)Nc2ccc(Cl)c(Cl)c2)cc1. The van der Waals surface area contributed by atoms with E-state index in [9.17, 15) is 8.42 Å². The first-order valence-corrected chi connectivity index (χ1v) is 10.1. The van der Waals surface area contributed by atoms with Gasteiger partial charge in [0.2, 0.25) is 0 Å². The van der Waals surface area contributed by atoms with Gasteiger partial charge in [-0.2, -0.15) is 0 Å². The molecule has 2 aromatic carbocycles. The average Bonchev–Trinajstić information content (AvgIpc) is 2.59. The minimum Gasteiger partial charge on any atom is -0.383 e. The van der Waals surface area contributed by atoms with Crippen molar-refractivity contribution in [3.8, 4) is 0 Å². The molecule has 26 heavy (non-hydrogen) atoms. The van der Waals surface area contributed by atoms with Gasteiger partial charge >= 0.3 is 0 Å². The van der Waals surface area contributed by atoms with E-state index in [1.807, 2.05) is 0 Å². The maximum atomic E-state index is 12.4. The molecule has 10 heteroatoms. The molecule has 0 unspecified atom stereocenters. The van der Waals surface area contributed by atoms with E-state index in [0.717, 1.165) is 0 Å². The molecule has 0 saturated heterocycles. The van der Waals surface area contributed by atoms with Gasteiger partial charge in [-0.25, -0.2) is 8.42 Å². The van der Waals surface area contributed by atoms with Crippen LogP contribution in [0.1, 0.15) is 0 Å². The third-order valence-corrected chi connectivity index (χ3v) is 5.57. The lowest BCUT2D eigenvalue weighted by Gasteiger charge is -2.12. The maximum absolute atomic E-state index is 12.4. The summed E-state index contributed by atoms with van der Waals surface area (Å²) >= 11 is 16.9. The van der Waals surface area contributed by atoms with Gasteiger partial charge in [0.1, 0.15) is 0 Å². The maximum Gasteiger partial charge on any atom is 0.261 e. The van der Waals surface area contributed by atoms with Crippen LogP contribution in [0.4, 0.5) is 11.4 Å². The van der Waals surface area contributed by atoms with Crippen molar-refractivity contribution < 1.29 is 13.2 Å². The summed E-state index contributed by atoms with van der Waals surface area (Å²) in [5.41, 5.74) is 0.985. The molecule has 2 aromatic rings. The number of rotatable bonds is 7. The summed E-state index contributed by atoms with van der Waals surface area (Å²) in [4.78, 5) is 0.104. The Balaban J connectivity index is 2.03. The predicted octanol–water partition coefficient (Wildman–Crippen LogP) is 3.73. The lowest BCUT2D eigenvalue weighted by Crippen LogP contribution is -2.31. The molecule has 2 rings (SSSR count). The Morgan fingerprint density at radius 2 is 1.73 bits per heavy atom. The summed E-state index contributed by atoms with van der Waals surface area (Å²) in [7, 11) is -2.15. The molecule has 0 aliphatic carbocycles. The van der Waals surface area contributed by atoms with Crippen molar-refractivity contribution in [1.29, 1.82) is 0 Å². The lowest BCUT2D eigenvalue weighted by molar-refractivity contribution is 0.204. The molecule has 0 fully saturated rings. The summed E-state index contributed by atoms with van der Waals surface area (Å²) < 4.78 is 32.3. The summed E-state index contributed by atoms with van der Waals surface area (Å²) in [6.07, 6.45) is 0. The molecule has 6 nitrogen and oxygen atoms in total. The Hall–Kier alpha value is -1.58. The van der Waals surface area contributed by atoms with Gasteiger partial charge in [0.25, 0.3) is 10.0 Å². The number of hydrogen-bond donors (Lipinski definition) is 3. The van der Waals surface area contributed by atoms with Crippen LogP contribution in [0.25, 0.3) is 0 Å². The zero-order valence-corrected chi connectivity index (χ0v) is 16.9. The van der Waals surface area contributed by atoms with Crippen LogP contribution in [0, 0.1) is 0 Å². The molecule has 0 saturated carbocycles. The zero-order valence-electron chi connectivity index (χ0n) is 13.8. The number of hydrogen-bond acceptors (Lipinski definition) is 4. The highest BCUT2D eigenvalue weighted by Crippen LogP contribution is 2.26. The van der Waals surface area contributed by atoms with Crippen LogP contribution in [0.2, 0.25) is 10.0 Å². The number of ether oxygens (including phenoxy) is 1. The number of halogens is 2. The smallest absolute Gasteiger partial charge is 0.261 e. The van der Waals surface area contributed by atoms with Crippen molar-refractivity contribution >= 4 is 61.9 Å². The van der Waals surface area contributed by atoms with E-state index >= 15 is 0 Å². The molecule has 140 valence electrons. The van der Waals surface area contributed by atoms with E-state index in [-0.39, 0.29) is 9.92 Å². The topological polar surface area (TPSA) is 79.5 Å². The van der Waals surface area contributed by atoms with Crippen molar-refractivity contribution in [2.75, 3.05) is 30.3 Å². The number of methoxy groups -OCH3 is 1. The predicted molar refractivity (Wildman–Crippen MR) is 110 cm³/mol. The Morgan fingerprint density at radius 1 is 1.08 bits per heavy atom. The van der Waals surface area contributed by atoms with Crippen LogP contribution in [0.3, 0.4) is 0 Å². The quantitative estimate of drug-likeness (QED) is 0.455. The van der Waals surface area contributed by atoms with Crippen molar-refractivity contribution in [3.05, 3.63) is 52.5 Å². The molecule has 0 radical (unpaired) electrons. The molecule has 0 atom stereocenters. The van der Waals surface area contributed by atoms with Crippen LogP contribution in [0.15, 0.2) is 47.4 Å². The summed E-state index contributed by atoms with van der Waals surface area (Å²) in [5, 5.41) is 6.96. The summed E-state index contributed by atoms with van der Waals surface area (Å²) in [5.74, 6) is 0. The van der Waals surface area contributed by atoms with Crippen LogP contribution in [-0.4, -0.2) is 33.8 Å². The molecule has 0 aliphatic heterocycles. The highest BCUT2D eigenvalue weighted by molar-refractivity contribution is 7.92. The zero-order chi connectivity index (χ0) is 19.2. The fraction of sp³-hybridized carbons (Fsp3) is 0.188. The Morgan fingerprint density at radius 3 is 2.35 bits per heavy atom. The first-order valence-electron chi connectivity index (χ1n) is 7.43. The van der Waals surface area contributed by atoms with Crippen LogP contribution in [0.5, 0.6) is 0 Å². The molecule has 0 amide bonds. The minimum absolute atomic E-state index is 0.104. The molecule has 0 aliphatic rings. The van der Waals surface area contributed by atoms with Crippen LogP contribution < -0.4 is 15.4 Å². The number of benzene rings is 2. The second kappa shape index (κ2) is 9.38. The highest BCUT2D eigenvalue weighted by atomic mass is 35.5. The largest absolute Gasteiger partial charge is 0.383 e. The Kier molecular flexibility index (Phi) is 7.48. The van der Waals surface area contributed by atoms with Gasteiger partial charge in [-0.3, -0.25) is 4.72 Å². The van der Waals surface area contributed by atoms with Gasteiger partial charge in [-0.1, -0.05) is 23.2 Å². The number of anilines is 2. The molecule has 0 aromatic heterocycles. The van der Waals surface area contributed by atoms with E-state index in [1.165, 1.54) is 30.3 Å². The lowest BCUT2D eigenvalue weighted by atomic mass is 10.3. The van der Waals surface area contributed by atoms with Gasteiger partial charge < -0.3 is 15.4 Å². The number of nitrogens with one attached hydrogen (secondary N) is 3.